The van der Waals surface area contributed by atoms with Gasteiger partial charge < -0.3 is 9.73 Å². The molecule has 88 valence electrons. The number of oxazole rings is 1. The van der Waals surface area contributed by atoms with Crippen molar-refractivity contribution in [1.82, 2.24) is 4.98 Å². The van der Waals surface area contributed by atoms with E-state index in [1.165, 1.54) is 6.26 Å². The van der Waals surface area contributed by atoms with Gasteiger partial charge in [-0.3, -0.25) is 4.79 Å². The van der Waals surface area contributed by atoms with Crippen LogP contribution < -0.4 is 5.32 Å². The molecule has 0 radical (unpaired) electrons. The number of anilines is 1. The molecule has 0 saturated heterocycles. The Hall–Kier alpha value is -2.10. The van der Waals surface area contributed by atoms with E-state index in [2.05, 4.69) is 10.3 Å². The van der Waals surface area contributed by atoms with Crippen LogP contribution in [0.25, 0.3) is 0 Å². The van der Waals surface area contributed by atoms with E-state index in [1.54, 1.807) is 6.92 Å². The van der Waals surface area contributed by atoms with Crippen LogP contribution in [0, 0.1) is 20.8 Å². The van der Waals surface area contributed by atoms with Crippen molar-refractivity contribution in [1.29, 1.82) is 0 Å². The number of nitrogens with zero attached hydrogens (tertiary/aromatic N) is 1. The van der Waals surface area contributed by atoms with Gasteiger partial charge in [0.1, 0.15) is 6.26 Å². The molecule has 4 heteroatoms. The number of nitrogens with one attached hydrogen (secondary N) is 1. The third kappa shape index (κ3) is 2.53. The molecule has 1 aromatic carbocycles. The zero-order valence-electron chi connectivity index (χ0n) is 10.1. The molecule has 0 unspecified atom stereocenters. The minimum absolute atomic E-state index is 0.256. The van der Waals surface area contributed by atoms with Gasteiger partial charge in [-0.15, -0.1) is 0 Å². The Morgan fingerprint density at radius 3 is 2.65 bits per heavy atom. The summed E-state index contributed by atoms with van der Waals surface area (Å²) in [6.45, 7) is 5.67. The fourth-order valence-electron chi connectivity index (χ4n) is 1.61. The summed E-state index contributed by atoms with van der Waals surface area (Å²) in [4.78, 5) is 15.8. The average molecular weight is 230 g/mol. The summed E-state index contributed by atoms with van der Waals surface area (Å²) >= 11 is 0. The van der Waals surface area contributed by atoms with Crippen LogP contribution in [0.15, 0.2) is 28.9 Å². The van der Waals surface area contributed by atoms with Gasteiger partial charge in [-0.25, -0.2) is 4.98 Å². The number of aromatic nitrogens is 1. The van der Waals surface area contributed by atoms with Gasteiger partial charge in [0.15, 0.2) is 11.6 Å². The lowest BCUT2D eigenvalue weighted by Gasteiger charge is -2.07. The monoisotopic (exact) mass is 230 g/mol. The minimum Gasteiger partial charge on any atom is -0.448 e. The fourth-order valence-corrected chi connectivity index (χ4v) is 1.61. The second-order valence-corrected chi connectivity index (χ2v) is 4.02. The topological polar surface area (TPSA) is 55.1 Å². The number of aryl methyl sites for hydroxylation is 3. The molecule has 1 N–H and O–H groups in total. The van der Waals surface area contributed by atoms with E-state index in [9.17, 15) is 4.79 Å². The van der Waals surface area contributed by atoms with Crippen LogP contribution in [0.3, 0.4) is 0 Å². The summed E-state index contributed by atoms with van der Waals surface area (Å²) in [6.07, 6.45) is 1.36. The number of hydrogen-bond acceptors (Lipinski definition) is 3. The predicted molar refractivity (Wildman–Crippen MR) is 65.1 cm³/mol. The van der Waals surface area contributed by atoms with Crippen molar-refractivity contribution in [3.05, 3.63) is 47.2 Å². The second kappa shape index (κ2) is 4.41. The standard InChI is InChI=1S/C13H14N2O2/c1-8-4-5-11(9(2)6-8)15-13(16)12-7-17-10(3)14-12/h4-7H,1-3H3,(H,15,16). The van der Waals surface area contributed by atoms with Crippen LogP contribution in [-0.4, -0.2) is 10.9 Å². The minimum atomic E-state index is -0.256. The highest BCUT2D eigenvalue weighted by molar-refractivity contribution is 6.03. The lowest BCUT2D eigenvalue weighted by molar-refractivity contribution is 0.102. The maximum Gasteiger partial charge on any atom is 0.277 e. The molecule has 0 fully saturated rings. The van der Waals surface area contributed by atoms with Crippen LogP contribution in [0.2, 0.25) is 0 Å². The van der Waals surface area contributed by atoms with Gasteiger partial charge in [-0.1, -0.05) is 17.7 Å². The molecule has 2 aromatic rings. The van der Waals surface area contributed by atoms with Crippen molar-refractivity contribution >= 4 is 11.6 Å². The molecule has 2 rings (SSSR count). The van der Waals surface area contributed by atoms with Crippen molar-refractivity contribution in [2.24, 2.45) is 0 Å². The number of carbonyl (C=O) groups excluding carboxylic acids is 1. The Kier molecular flexibility index (Phi) is 2.95. The summed E-state index contributed by atoms with van der Waals surface area (Å²) < 4.78 is 5.00. The summed E-state index contributed by atoms with van der Waals surface area (Å²) in [7, 11) is 0. The third-order valence-electron chi connectivity index (χ3n) is 2.48. The quantitative estimate of drug-likeness (QED) is 0.863. The number of amides is 1. The molecule has 0 bridgehead atoms. The zero-order chi connectivity index (χ0) is 12.4. The lowest BCUT2D eigenvalue weighted by atomic mass is 10.1. The molecule has 0 aliphatic rings. The van der Waals surface area contributed by atoms with Gasteiger partial charge in [-0.05, 0) is 25.5 Å². The third-order valence-corrected chi connectivity index (χ3v) is 2.48. The highest BCUT2D eigenvalue weighted by Crippen LogP contribution is 2.16. The molecular formula is C13H14N2O2. The van der Waals surface area contributed by atoms with Crippen molar-refractivity contribution in [2.75, 3.05) is 5.32 Å². The molecular weight excluding hydrogens is 216 g/mol. The summed E-state index contributed by atoms with van der Waals surface area (Å²) in [5, 5.41) is 2.81. The SMILES string of the molecule is Cc1ccc(NC(=O)c2coc(C)n2)c(C)c1. The van der Waals surface area contributed by atoms with Gasteiger partial charge in [-0.2, -0.15) is 0 Å². The molecule has 0 aliphatic heterocycles. The molecule has 4 nitrogen and oxygen atoms in total. The molecule has 0 aliphatic carbocycles. The van der Waals surface area contributed by atoms with E-state index in [0.717, 1.165) is 16.8 Å². The first-order chi connectivity index (χ1) is 8.06. The Morgan fingerprint density at radius 1 is 1.29 bits per heavy atom. The van der Waals surface area contributed by atoms with Crippen LogP contribution >= 0.6 is 0 Å². The molecule has 1 heterocycles. The molecule has 1 amide bonds. The van der Waals surface area contributed by atoms with Gasteiger partial charge >= 0.3 is 0 Å². The van der Waals surface area contributed by atoms with E-state index in [4.69, 9.17) is 4.42 Å². The highest BCUT2D eigenvalue weighted by atomic mass is 16.3. The first-order valence-corrected chi connectivity index (χ1v) is 5.37. The molecule has 0 saturated carbocycles. The average Bonchev–Trinajstić information content (AvgIpc) is 2.69. The van der Waals surface area contributed by atoms with Crippen LogP contribution in [0.5, 0.6) is 0 Å². The van der Waals surface area contributed by atoms with Crippen LogP contribution in [0.1, 0.15) is 27.5 Å². The maximum atomic E-state index is 11.8. The summed E-state index contributed by atoms with van der Waals surface area (Å²) in [6, 6.07) is 5.86. The molecule has 17 heavy (non-hydrogen) atoms. The summed E-state index contributed by atoms with van der Waals surface area (Å²) in [5.74, 6) is 0.226. The van der Waals surface area contributed by atoms with Gasteiger partial charge in [0.05, 0.1) is 0 Å². The number of hydrogen-bond donors (Lipinski definition) is 1. The Morgan fingerprint density at radius 2 is 2.06 bits per heavy atom. The number of benzene rings is 1. The van der Waals surface area contributed by atoms with E-state index in [1.807, 2.05) is 32.0 Å². The first-order valence-electron chi connectivity index (χ1n) is 5.37. The van der Waals surface area contributed by atoms with Crippen LogP contribution in [0.4, 0.5) is 5.69 Å². The number of rotatable bonds is 2. The van der Waals surface area contributed by atoms with E-state index < -0.39 is 0 Å². The van der Waals surface area contributed by atoms with Crippen molar-refractivity contribution in [3.63, 3.8) is 0 Å². The Labute approximate surface area is 99.7 Å². The van der Waals surface area contributed by atoms with Crippen molar-refractivity contribution in [2.45, 2.75) is 20.8 Å². The normalized spacial score (nSPS) is 10.3. The van der Waals surface area contributed by atoms with E-state index >= 15 is 0 Å². The van der Waals surface area contributed by atoms with E-state index in [0.29, 0.717) is 11.6 Å². The predicted octanol–water partition coefficient (Wildman–Crippen LogP) is 2.85. The maximum absolute atomic E-state index is 11.8. The largest absolute Gasteiger partial charge is 0.448 e. The van der Waals surface area contributed by atoms with Gasteiger partial charge in [0.25, 0.3) is 5.91 Å². The molecule has 0 spiro atoms. The summed E-state index contributed by atoms with van der Waals surface area (Å²) in [5.41, 5.74) is 3.28. The first kappa shape index (κ1) is 11.4. The zero-order valence-corrected chi connectivity index (χ0v) is 10.1. The van der Waals surface area contributed by atoms with E-state index in [-0.39, 0.29) is 5.91 Å². The fraction of sp³-hybridized carbons (Fsp3) is 0.231. The van der Waals surface area contributed by atoms with Crippen molar-refractivity contribution in [3.8, 4) is 0 Å². The Bertz CT molecular complexity index is 558. The van der Waals surface area contributed by atoms with Crippen LogP contribution in [-0.2, 0) is 0 Å². The molecule has 0 atom stereocenters. The number of carbonyl (C=O) groups is 1. The second-order valence-electron chi connectivity index (χ2n) is 4.02. The lowest BCUT2D eigenvalue weighted by Crippen LogP contribution is -2.13. The highest BCUT2D eigenvalue weighted by Gasteiger charge is 2.11. The van der Waals surface area contributed by atoms with Gasteiger partial charge in [0.2, 0.25) is 0 Å². The Balaban J connectivity index is 2.18. The molecule has 1 aromatic heterocycles. The van der Waals surface area contributed by atoms with Crippen molar-refractivity contribution < 1.29 is 9.21 Å². The smallest absolute Gasteiger partial charge is 0.277 e. The van der Waals surface area contributed by atoms with Gasteiger partial charge in [0, 0.05) is 12.6 Å².